The number of nitrogens with zero attached hydrogens (tertiary/aromatic N) is 4. The molecule has 3 aromatic rings. The van der Waals surface area contributed by atoms with Gasteiger partial charge in [0, 0.05) is 43.7 Å². The Hall–Kier alpha value is -2.96. The Morgan fingerprint density at radius 1 is 1.24 bits per heavy atom. The topological polar surface area (TPSA) is 81.4 Å². The molecule has 25 heavy (non-hydrogen) atoms. The second-order valence-electron chi connectivity index (χ2n) is 6.04. The van der Waals surface area contributed by atoms with Crippen LogP contribution in [0.1, 0.15) is 18.5 Å². The highest BCUT2D eigenvalue weighted by Gasteiger charge is 2.25. The highest BCUT2D eigenvalue weighted by Crippen LogP contribution is 2.20. The van der Waals surface area contributed by atoms with Gasteiger partial charge in [-0.3, -0.25) is 9.78 Å². The van der Waals surface area contributed by atoms with E-state index in [4.69, 9.17) is 9.26 Å². The fraction of sp³-hybridized carbons (Fsp3) is 0.333. The minimum atomic E-state index is 0.0635. The van der Waals surface area contributed by atoms with E-state index in [9.17, 15) is 4.79 Å². The molecule has 2 aromatic heterocycles. The molecule has 7 heteroatoms. The molecule has 0 bridgehead atoms. The van der Waals surface area contributed by atoms with Gasteiger partial charge in [0.15, 0.2) is 5.58 Å². The molecule has 1 aliphatic heterocycles. The van der Waals surface area contributed by atoms with Gasteiger partial charge in [0.2, 0.25) is 11.8 Å². The van der Waals surface area contributed by atoms with Crippen LogP contribution < -0.4 is 4.74 Å². The van der Waals surface area contributed by atoms with Gasteiger partial charge in [0.05, 0.1) is 12.6 Å². The fourth-order valence-corrected chi connectivity index (χ4v) is 3.06. The van der Waals surface area contributed by atoms with Crippen molar-refractivity contribution in [3.05, 3.63) is 48.5 Å². The third-order valence-corrected chi connectivity index (χ3v) is 4.39. The van der Waals surface area contributed by atoms with Gasteiger partial charge in [-0.25, -0.2) is 4.98 Å². The molecule has 0 unspecified atom stereocenters. The van der Waals surface area contributed by atoms with Gasteiger partial charge in [0.1, 0.15) is 11.8 Å². The molecule has 1 aliphatic rings. The summed E-state index contributed by atoms with van der Waals surface area (Å²) in [6, 6.07) is 7.59. The molecule has 1 fully saturated rings. The van der Waals surface area contributed by atoms with Crippen molar-refractivity contribution in [2.45, 2.75) is 25.4 Å². The summed E-state index contributed by atoms with van der Waals surface area (Å²) in [7, 11) is 0. The average molecular weight is 338 g/mol. The summed E-state index contributed by atoms with van der Waals surface area (Å²) in [5.74, 6) is 0.596. The van der Waals surface area contributed by atoms with Crippen molar-refractivity contribution >= 4 is 16.9 Å². The zero-order chi connectivity index (χ0) is 17.1. The van der Waals surface area contributed by atoms with Crippen LogP contribution >= 0.6 is 0 Å². The minimum absolute atomic E-state index is 0.0635. The number of aromatic nitrogens is 3. The summed E-state index contributed by atoms with van der Waals surface area (Å²) in [5.41, 5.74) is 1.40. The Labute approximate surface area is 144 Å². The lowest BCUT2D eigenvalue weighted by Gasteiger charge is -2.31. The summed E-state index contributed by atoms with van der Waals surface area (Å²) in [6.45, 7) is 1.33. The lowest BCUT2D eigenvalue weighted by atomic mass is 10.1. The zero-order valence-corrected chi connectivity index (χ0v) is 13.7. The summed E-state index contributed by atoms with van der Waals surface area (Å²) >= 11 is 0. The van der Waals surface area contributed by atoms with Crippen LogP contribution in [-0.4, -0.2) is 45.1 Å². The molecule has 1 aromatic carbocycles. The van der Waals surface area contributed by atoms with Gasteiger partial charge in [-0.05, 0) is 12.1 Å². The standard InChI is InChI=1S/C18H18N4O3/c23-18(11-15-14-3-1-2-4-16(14)25-21-15)22-9-5-13(6-10-22)24-17-12-19-7-8-20-17/h1-4,7-8,12-13H,5-6,9-11H2. The molecule has 1 saturated heterocycles. The first-order chi connectivity index (χ1) is 12.3. The van der Waals surface area contributed by atoms with Crippen molar-refractivity contribution in [3.8, 4) is 5.88 Å². The Balaban J connectivity index is 1.33. The van der Waals surface area contributed by atoms with Gasteiger partial charge in [-0.15, -0.1) is 0 Å². The second-order valence-corrected chi connectivity index (χ2v) is 6.04. The third kappa shape index (κ3) is 3.45. The molecular formula is C18H18N4O3. The maximum absolute atomic E-state index is 12.6. The number of rotatable bonds is 4. The zero-order valence-electron chi connectivity index (χ0n) is 13.7. The van der Waals surface area contributed by atoms with Crippen LogP contribution in [0.25, 0.3) is 11.0 Å². The molecule has 0 spiro atoms. The first kappa shape index (κ1) is 15.6. The third-order valence-electron chi connectivity index (χ3n) is 4.39. The quantitative estimate of drug-likeness (QED) is 0.725. The molecule has 0 atom stereocenters. The molecule has 0 aliphatic carbocycles. The van der Waals surface area contributed by atoms with Crippen LogP contribution in [0.15, 0.2) is 47.4 Å². The van der Waals surface area contributed by atoms with Crippen molar-refractivity contribution < 1.29 is 14.1 Å². The first-order valence-corrected chi connectivity index (χ1v) is 8.33. The summed E-state index contributed by atoms with van der Waals surface area (Å²) in [5, 5.41) is 4.94. The van der Waals surface area contributed by atoms with Crippen LogP contribution in [0.3, 0.4) is 0 Å². The van der Waals surface area contributed by atoms with E-state index >= 15 is 0 Å². The fourth-order valence-electron chi connectivity index (χ4n) is 3.06. The summed E-state index contributed by atoms with van der Waals surface area (Å²) in [6.07, 6.45) is 6.70. The molecule has 128 valence electrons. The van der Waals surface area contributed by atoms with Crippen molar-refractivity contribution in [1.82, 2.24) is 20.0 Å². The van der Waals surface area contributed by atoms with E-state index in [-0.39, 0.29) is 18.4 Å². The molecule has 1 amide bonds. The molecular weight excluding hydrogens is 320 g/mol. The van der Waals surface area contributed by atoms with Crippen LogP contribution in [0, 0.1) is 0 Å². The maximum Gasteiger partial charge on any atom is 0.232 e. The van der Waals surface area contributed by atoms with Gasteiger partial charge in [-0.1, -0.05) is 17.3 Å². The monoisotopic (exact) mass is 338 g/mol. The van der Waals surface area contributed by atoms with Crippen LogP contribution in [-0.2, 0) is 11.2 Å². The van der Waals surface area contributed by atoms with E-state index in [1.165, 1.54) is 0 Å². The van der Waals surface area contributed by atoms with Crippen molar-refractivity contribution in [2.24, 2.45) is 0 Å². The molecule has 3 heterocycles. The van der Waals surface area contributed by atoms with Crippen LogP contribution in [0.5, 0.6) is 5.88 Å². The molecule has 0 N–H and O–H groups in total. The average Bonchev–Trinajstić information content (AvgIpc) is 3.06. The van der Waals surface area contributed by atoms with Crippen molar-refractivity contribution in [2.75, 3.05) is 13.1 Å². The number of benzene rings is 1. The van der Waals surface area contributed by atoms with Gasteiger partial charge in [-0.2, -0.15) is 0 Å². The number of para-hydroxylation sites is 1. The number of hydrogen-bond donors (Lipinski definition) is 0. The smallest absolute Gasteiger partial charge is 0.232 e. The minimum Gasteiger partial charge on any atom is -0.473 e. The Morgan fingerprint density at radius 3 is 2.88 bits per heavy atom. The van der Waals surface area contributed by atoms with E-state index in [0.29, 0.717) is 30.2 Å². The van der Waals surface area contributed by atoms with Crippen molar-refractivity contribution in [3.63, 3.8) is 0 Å². The van der Waals surface area contributed by atoms with Crippen LogP contribution in [0.2, 0.25) is 0 Å². The second kappa shape index (κ2) is 6.88. The normalized spacial score (nSPS) is 15.4. The number of hydrogen-bond acceptors (Lipinski definition) is 6. The van der Waals surface area contributed by atoms with Crippen LogP contribution in [0.4, 0.5) is 0 Å². The summed E-state index contributed by atoms with van der Waals surface area (Å²) < 4.78 is 11.1. The highest BCUT2D eigenvalue weighted by molar-refractivity contribution is 5.86. The number of ether oxygens (including phenoxy) is 1. The van der Waals surface area contributed by atoms with Gasteiger partial charge < -0.3 is 14.2 Å². The predicted octanol–water partition coefficient (Wildman–Crippen LogP) is 2.23. The number of amides is 1. The van der Waals surface area contributed by atoms with Gasteiger partial charge in [0.25, 0.3) is 0 Å². The number of fused-ring (bicyclic) bond motifs is 1. The lowest BCUT2D eigenvalue weighted by Crippen LogP contribution is -2.42. The van der Waals surface area contributed by atoms with E-state index in [1.807, 2.05) is 29.2 Å². The molecule has 0 saturated carbocycles. The summed E-state index contributed by atoms with van der Waals surface area (Å²) in [4.78, 5) is 22.5. The van der Waals surface area contributed by atoms with Gasteiger partial charge >= 0.3 is 0 Å². The number of carbonyl (C=O) groups excluding carboxylic acids is 1. The van der Waals surface area contributed by atoms with Crippen molar-refractivity contribution in [1.29, 1.82) is 0 Å². The molecule has 4 rings (SSSR count). The Bertz CT molecular complexity index is 857. The first-order valence-electron chi connectivity index (χ1n) is 8.33. The van der Waals surface area contributed by atoms with E-state index in [2.05, 4.69) is 15.1 Å². The predicted molar refractivity (Wildman–Crippen MR) is 90.0 cm³/mol. The largest absolute Gasteiger partial charge is 0.473 e. The number of piperidine rings is 1. The lowest BCUT2D eigenvalue weighted by molar-refractivity contribution is -0.132. The SMILES string of the molecule is O=C(Cc1noc2ccccc12)N1CCC(Oc2cnccn2)CC1. The maximum atomic E-state index is 12.6. The van der Waals surface area contributed by atoms with E-state index in [1.54, 1.807) is 18.6 Å². The molecule has 7 nitrogen and oxygen atoms in total. The Kier molecular flexibility index (Phi) is 4.28. The van der Waals surface area contributed by atoms with E-state index in [0.717, 1.165) is 18.2 Å². The Morgan fingerprint density at radius 2 is 2.08 bits per heavy atom. The molecule has 0 radical (unpaired) electrons. The highest BCUT2D eigenvalue weighted by atomic mass is 16.5. The number of carbonyl (C=O) groups is 1. The van der Waals surface area contributed by atoms with E-state index < -0.39 is 0 Å². The number of likely N-dealkylation sites (tertiary alicyclic amines) is 1.